The molecule has 2 nitrogen and oxygen atoms in total. The van der Waals surface area contributed by atoms with Gasteiger partial charge < -0.3 is 4.90 Å². The average molecular weight is 251 g/mol. The quantitative estimate of drug-likeness (QED) is 0.814. The molecule has 1 heterocycles. The first-order valence-corrected chi connectivity index (χ1v) is 6.76. The van der Waals surface area contributed by atoms with Gasteiger partial charge in [-0.25, -0.2) is 0 Å². The van der Waals surface area contributed by atoms with Crippen LogP contribution in [0.5, 0.6) is 0 Å². The highest BCUT2D eigenvalue weighted by Gasteiger charge is 2.18. The lowest BCUT2D eigenvalue weighted by atomic mass is 10.0. The van der Waals surface area contributed by atoms with Gasteiger partial charge in [-0.05, 0) is 11.6 Å². The molecule has 0 spiro atoms. The fourth-order valence-electron chi connectivity index (χ4n) is 2.61. The number of rotatable bonds is 2. The molecule has 0 aliphatic carbocycles. The zero-order valence-electron chi connectivity index (χ0n) is 10.9. The number of hydrogen-bond donors (Lipinski definition) is 0. The normalized spacial score (nSPS) is 15.6. The second-order valence-electron chi connectivity index (χ2n) is 4.91. The molecule has 1 fully saturated rings. The van der Waals surface area contributed by atoms with E-state index in [2.05, 4.69) is 53.4 Å². The van der Waals surface area contributed by atoms with Crippen LogP contribution in [-0.4, -0.2) is 18.9 Å². The fourth-order valence-corrected chi connectivity index (χ4v) is 2.61. The first-order valence-electron chi connectivity index (χ1n) is 6.76. The molecular formula is C17H17NO. The van der Waals surface area contributed by atoms with E-state index in [-0.39, 0.29) is 0 Å². The maximum atomic E-state index is 11.4. The third-order valence-electron chi connectivity index (χ3n) is 3.65. The number of nitrogens with zero attached hydrogens (tertiary/aromatic N) is 1. The van der Waals surface area contributed by atoms with Gasteiger partial charge >= 0.3 is 0 Å². The lowest BCUT2D eigenvalue weighted by Crippen LogP contribution is -2.34. The Hall–Kier alpha value is -2.09. The molecule has 2 heteroatoms. The summed E-state index contributed by atoms with van der Waals surface area (Å²) in [4.78, 5) is 13.7. The van der Waals surface area contributed by atoms with Crippen molar-refractivity contribution >= 4 is 11.5 Å². The number of Topliss-reactive ketones (excluding diaryl/α,β-unsaturated/α-hetero) is 1. The Labute approximate surface area is 113 Å². The predicted octanol–water partition coefficient (Wildman–Crippen LogP) is 3.52. The number of benzene rings is 2. The Bertz CT molecular complexity index is 567. The fraction of sp³-hybridized carbons (Fsp3) is 0.235. The molecule has 1 aliphatic rings. The first-order chi connectivity index (χ1) is 9.34. The van der Waals surface area contributed by atoms with Crippen LogP contribution in [0.25, 0.3) is 11.1 Å². The van der Waals surface area contributed by atoms with E-state index in [0.29, 0.717) is 18.6 Å². The van der Waals surface area contributed by atoms with E-state index in [4.69, 9.17) is 0 Å². The van der Waals surface area contributed by atoms with E-state index in [1.807, 2.05) is 6.07 Å². The summed E-state index contributed by atoms with van der Waals surface area (Å²) in [5.74, 6) is 0.383. The topological polar surface area (TPSA) is 20.3 Å². The molecule has 96 valence electrons. The highest BCUT2D eigenvalue weighted by molar-refractivity contribution is 5.83. The zero-order chi connectivity index (χ0) is 13.1. The Morgan fingerprint density at radius 3 is 2.16 bits per heavy atom. The van der Waals surface area contributed by atoms with Crippen molar-refractivity contribution in [3.8, 4) is 11.1 Å². The molecular weight excluding hydrogens is 234 g/mol. The Kier molecular flexibility index (Phi) is 3.32. The van der Waals surface area contributed by atoms with Crippen molar-refractivity contribution in [2.75, 3.05) is 18.0 Å². The van der Waals surface area contributed by atoms with Crippen LogP contribution in [0.4, 0.5) is 5.69 Å². The third kappa shape index (κ3) is 2.53. The predicted molar refractivity (Wildman–Crippen MR) is 78.3 cm³/mol. The highest BCUT2D eigenvalue weighted by atomic mass is 16.1. The van der Waals surface area contributed by atoms with Gasteiger partial charge in [-0.15, -0.1) is 0 Å². The molecule has 0 amide bonds. The summed E-state index contributed by atoms with van der Waals surface area (Å²) in [5.41, 5.74) is 3.72. The maximum Gasteiger partial charge on any atom is 0.136 e. The van der Waals surface area contributed by atoms with Crippen LogP contribution < -0.4 is 4.90 Å². The molecule has 2 aromatic carbocycles. The van der Waals surface area contributed by atoms with E-state index in [1.54, 1.807) is 0 Å². The molecule has 1 saturated heterocycles. The molecule has 3 rings (SSSR count). The van der Waals surface area contributed by atoms with Crippen LogP contribution in [0.15, 0.2) is 54.6 Å². The smallest absolute Gasteiger partial charge is 0.136 e. The second kappa shape index (κ2) is 5.27. The summed E-state index contributed by atoms with van der Waals surface area (Å²) in [6, 6.07) is 18.9. The van der Waals surface area contributed by atoms with Crippen molar-refractivity contribution in [3.05, 3.63) is 54.6 Å². The van der Waals surface area contributed by atoms with E-state index < -0.39 is 0 Å². The number of para-hydroxylation sites is 1. The summed E-state index contributed by atoms with van der Waals surface area (Å²) in [6.45, 7) is 1.67. The van der Waals surface area contributed by atoms with Crippen LogP contribution in [0.1, 0.15) is 12.8 Å². The molecule has 19 heavy (non-hydrogen) atoms. The van der Waals surface area contributed by atoms with Gasteiger partial charge in [-0.3, -0.25) is 4.79 Å². The highest BCUT2D eigenvalue weighted by Crippen LogP contribution is 2.31. The van der Waals surface area contributed by atoms with E-state index >= 15 is 0 Å². The summed E-state index contributed by atoms with van der Waals surface area (Å²) < 4.78 is 0. The van der Waals surface area contributed by atoms with Gasteiger partial charge in [0.05, 0.1) is 0 Å². The van der Waals surface area contributed by atoms with Gasteiger partial charge in [-0.1, -0.05) is 48.5 Å². The van der Waals surface area contributed by atoms with Crippen LogP contribution in [0.3, 0.4) is 0 Å². The van der Waals surface area contributed by atoms with Gasteiger partial charge in [0.1, 0.15) is 5.78 Å². The van der Waals surface area contributed by atoms with E-state index in [0.717, 1.165) is 13.1 Å². The molecule has 0 bridgehead atoms. The minimum atomic E-state index is 0.383. The van der Waals surface area contributed by atoms with Crippen molar-refractivity contribution in [1.82, 2.24) is 0 Å². The van der Waals surface area contributed by atoms with Gasteiger partial charge in [-0.2, -0.15) is 0 Å². The number of piperidine rings is 1. The van der Waals surface area contributed by atoms with Gasteiger partial charge in [0.2, 0.25) is 0 Å². The Morgan fingerprint density at radius 1 is 0.789 bits per heavy atom. The average Bonchev–Trinajstić information content (AvgIpc) is 2.49. The number of ketones is 1. The van der Waals surface area contributed by atoms with Crippen molar-refractivity contribution in [2.45, 2.75) is 12.8 Å². The Morgan fingerprint density at radius 2 is 1.42 bits per heavy atom. The number of anilines is 1. The lowest BCUT2D eigenvalue weighted by Gasteiger charge is -2.30. The Balaban J connectivity index is 1.96. The first kappa shape index (κ1) is 12.0. The van der Waals surface area contributed by atoms with Crippen molar-refractivity contribution in [1.29, 1.82) is 0 Å². The van der Waals surface area contributed by atoms with E-state index in [9.17, 15) is 4.79 Å². The van der Waals surface area contributed by atoms with Crippen molar-refractivity contribution < 1.29 is 4.79 Å². The third-order valence-corrected chi connectivity index (χ3v) is 3.65. The SMILES string of the molecule is O=C1CCN(c2ccccc2-c2ccccc2)CC1. The summed E-state index contributed by atoms with van der Waals surface area (Å²) in [7, 11) is 0. The molecule has 0 radical (unpaired) electrons. The maximum absolute atomic E-state index is 11.4. The van der Waals surface area contributed by atoms with Crippen LogP contribution in [0, 0.1) is 0 Å². The minimum Gasteiger partial charge on any atom is -0.370 e. The van der Waals surface area contributed by atoms with Crippen molar-refractivity contribution in [2.24, 2.45) is 0 Å². The number of hydrogen-bond acceptors (Lipinski definition) is 2. The summed E-state index contributed by atoms with van der Waals surface area (Å²) in [5, 5.41) is 0. The lowest BCUT2D eigenvalue weighted by molar-refractivity contribution is -0.119. The van der Waals surface area contributed by atoms with Gasteiger partial charge in [0.15, 0.2) is 0 Å². The molecule has 0 saturated carbocycles. The molecule has 0 unspecified atom stereocenters. The summed E-state index contributed by atoms with van der Waals surface area (Å²) in [6.07, 6.45) is 1.34. The second-order valence-corrected chi connectivity index (χ2v) is 4.91. The standard InChI is InChI=1S/C17H17NO/c19-15-10-12-18(13-11-15)17-9-5-4-8-16(17)14-6-2-1-3-7-14/h1-9H,10-13H2. The van der Waals surface area contributed by atoms with E-state index in [1.165, 1.54) is 16.8 Å². The number of carbonyl (C=O) groups excluding carboxylic acids is 1. The number of carbonyl (C=O) groups is 1. The summed E-state index contributed by atoms with van der Waals surface area (Å²) >= 11 is 0. The molecule has 0 N–H and O–H groups in total. The molecule has 1 aliphatic heterocycles. The monoisotopic (exact) mass is 251 g/mol. The van der Waals surface area contributed by atoms with Gasteiger partial charge in [0.25, 0.3) is 0 Å². The molecule has 0 atom stereocenters. The molecule has 0 aromatic heterocycles. The van der Waals surface area contributed by atoms with Crippen LogP contribution in [-0.2, 0) is 4.79 Å². The minimum absolute atomic E-state index is 0.383. The van der Waals surface area contributed by atoms with Gasteiger partial charge in [0, 0.05) is 37.2 Å². The zero-order valence-corrected chi connectivity index (χ0v) is 10.9. The molecule has 2 aromatic rings. The van der Waals surface area contributed by atoms with Crippen molar-refractivity contribution in [3.63, 3.8) is 0 Å². The largest absolute Gasteiger partial charge is 0.370 e. The van der Waals surface area contributed by atoms with Crippen LogP contribution in [0.2, 0.25) is 0 Å². The van der Waals surface area contributed by atoms with Crippen LogP contribution >= 0.6 is 0 Å².